The average molecular weight is 702 g/mol. The van der Waals surface area contributed by atoms with E-state index in [2.05, 4.69) is 217 Å². The van der Waals surface area contributed by atoms with Crippen LogP contribution >= 0.6 is 0 Å². The zero-order valence-electron chi connectivity index (χ0n) is 30.0. The third-order valence-electron chi connectivity index (χ3n) is 10.4. The Kier molecular flexibility index (Phi) is 8.16. The Bertz CT molecular complexity index is 2850. The summed E-state index contributed by atoms with van der Waals surface area (Å²) in [4.78, 5) is 13.2. The Morgan fingerprint density at radius 3 is 1.44 bits per heavy atom. The molecule has 0 aliphatic heterocycles. The van der Waals surface area contributed by atoms with Crippen LogP contribution in [0.3, 0.4) is 0 Å². The maximum Gasteiger partial charge on any atom is 0.0809 e. The predicted octanol–water partition coefficient (Wildman–Crippen LogP) is 14.1. The lowest BCUT2D eigenvalue weighted by Crippen LogP contribution is -2.11. The van der Waals surface area contributed by atoms with Crippen LogP contribution in [0.2, 0.25) is 0 Å². The molecule has 258 valence electrons. The number of aromatic nitrogens is 2. The maximum absolute atomic E-state index is 5.62. The first kappa shape index (κ1) is 32.3. The number of anilines is 3. The molecule has 0 N–H and O–H groups in total. The van der Waals surface area contributed by atoms with Crippen LogP contribution in [0.4, 0.5) is 17.1 Å². The lowest BCUT2D eigenvalue weighted by atomic mass is 9.89. The Morgan fingerprint density at radius 1 is 0.345 bits per heavy atom. The molecule has 8 aromatic carbocycles. The Balaban J connectivity index is 1.38. The molecule has 3 nitrogen and oxygen atoms in total. The van der Waals surface area contributed by atoms with Crippen molar-refractivity contribution < 1.29 is 0 Å². The van der Waals surface area contributed by atoms with Crippen LogP contribution in [-0.4, -0.2) is 9.97 Å². The second-order valence-corrected chi connectivity index (χ2v) is 13.8. The van der Waals surface area contributed by atoms with Crippen molar-refractivity contribution in [2.75, 3.05) is 4.90 Å². The SMILES string of the molecule is c1ccc(-c2cc(-c3cccc4nc(-c5ccccc5)c5c(N(c6ccccc6)c6ccccc6)cc6ccccc6c5c34)cc(-c3ccccc3)n2)cc1. The zero-order valence-corrected chi connectivity index (χ0v) is 30.0. The minimum atomic E-state index is 0.928. The smallest absolute Gasteiger partial charge is 0.0809 e. The van der Waals surface area contributed by atoms with Crippen molar-refractivity contribution in [3.8, 4) is 44.9 Å². The molecule has 0 radical (unpaired) electrons. The van der Waals surface area contributed by atoms with Gasteiger partial charge in [0.25, 0.3) is 0 Å². The van der Waals surface area contributed by atoms with E-state index in [1.165, 1.54) is 10.8 Å². The Hall–Kier alpha value is -7.36. The van der Waals surface area contributed by atoms with Gasteiger partial charge in [-0.05, 0) is 70.4 Å². The predicted molar refractivity (Wildman–Crippen MR) is 231 cm³/mol. The van der Waals surface area contributed by atoms with Gasteiger partial charge in [-0.2, -0.15) is 0 Å². The summed E-state index contributed by atoms with van der Waals surface area (Å²) in [6.45, 7) is 0. The largest absolute Gasteiger partial charge is 0.310 e. The van der Waals surface area contributed by atoms with E-state index in [1.54, 1.807) is 0 Å². The first-order valence-electron chi connectivity index (χ1n) is 18.7. The summed E-state index contributed by atoms with van der Waals surface area (Å²) < 4.78 is 0. The van der Waals surface area contributed by atoms with Crippen molar-refractivity contribution in [2.24, 2.45) is 0 Å². The van der Waals surface area contributed by atoms with Gasteiger partial charge in [0.2, 0.25) is 0 Å². The maximum atomic E-state index is 5.62. The van der Waals surface area contributed by atoms with E-state index < -0.39 is 0 Å². The molecule has 0 aliphatic rings. The summed E-state index contributed by atoms with van der Waals surface area (Å²) >= 11 is 0. The lowest BCUT2D eigenvalue weighted by Gasteiger charge is -2.29. The van der Waals surface area contributed by atoms with Crippen LogP contribution in [0.15, 0.2) is 212 Å². The average Bonchev–Trinajstić information content (AvgIpc) is 3.27. The molecule has 0 saturated carbocycles. The van der Waals surface area contributed by atoms with Crippen LogP contribution in [0.25, 0.3) is 77.3 Å². The Morgan fingerprint density at radius 2 is 0.855 bits per heavy atom. The standard InChI is InChI=1S/C52H35N3/c1-6-19-36(20-7-1)46-33-40(34-47(53-46)37-21-8-2-9-22-37)44-31-18-32-45-49(44)50-43-30-17-16-25-39(43)35-48(51(50)52(54-45)38-23-10-3-11-24-38)55(41-26-12-4-13-27-41)42-28-14-5-15-29-42/h1-35H. The van der Waals surface area contributed by atoms with E-state index in [4.69, 9.17) is 9.97 Å². The molecule has 0 saturated heterocycles. The zero-order chi connectivity index (χ0) is 36.6. The molecule has 0 spiro atoms. The molecule has 55 heavy (non-hydrogen) atoms. The number of benzene rings is 8. The summed E-state index contributed by atoms with van der Waals surface area (Å²) in [5.41, 5.74) is 12.4. The quantitative estimate of drug-likeness (QED) is 0.155. The summed E-state index contributed by atoms with van der Waals surface area (Å²) in [5, 5.41) is 5.72. The van der Waals surface area contributed by atoms with Crippen molar-refractivity contribution in [2.45, 2.75) is 0 Å². The summed E-state index contributed by atoms with van der Waals surface area (Å²) in [7, 11) is 0. The van der Waals surface area contributed by atoms with Gasteiger partial charge in [0.15, 0.2) is 0 Å². The van der Waals surface area contributed by atoms with E-state index in [-0.39, 0.29) is 0 Å². The van der Waals surface area contributed by atoms with Gasteiger partial charge in [0.05, 0.1) is 28.3 Å². The van der Waals surface area contributed by atoms with Gasteiger partial charge < -0.3 is 4.90 Å². The van der Waals surface area contributed by atoms with Gasteiger partial charge in [0, 0.05) is 44.2 Å². The molecule has 0 amide bonds. The van der Waals surface area contributed by atoms with Crippen molar-refractivity contribution in [1.29, 1.82) is 0 Å². The molecule has 0 atom stereocenters. The van der Waals surface area contributed by atoms with Crippen LogP contribution in [0.1, 0.15) is 0 Å². The van der Waals surface area contributed by atoms with E-state index >= 15 is 0 Å². The normalized spacial score (nSPS) is 11.3. The van der Waals surface area contributed by atoms with Crippen LogP contribution in [0, 0.1) is 0 Å². The van der Waals surface area contributed by atoms with E-state index in [9.17, 15) is 0 Å². The number of pyridine rings is 2. The van der Waals surface area contributed by atoms with Crippen molar-refractivity contribution in [1.82, 2.24) is 9.97 Å². The first-order valence-corrected chi connectivity index (χ1v) is 18.7. The molecule has 0 bridgehead atoms. The van der Waals surface area contributed by atoms with Crippen LogP contribution < -0.4 is 4.90 Å². The van der Waals surface area contributed by atoms with Crippen LogP contribution in [0.5, 0.6) is 0 Å². The topological polar surface area (TPSA) is 29.0 Å². The van der Waals surface area contributed by atoms with Crippen molar-refractivity contribution in [3.05, 3.63) is 212 Å². The minimum absolute atomic E-state index is 0.928. The molecule has 2 aromatic heterocycles. The Labute approximate surface area is 320 Å². The third-order valence-corrected chi connectivity index (χ3v) is 10.4. The van der Waals surface area contributed by atoms with Crippen LogP contribution in [-0.2, 0) is 0 Å². The summed E-state index contributed by atoms with van der Waals surface area (Å²) in [6, 6.07) is 75.0. The molecular weight excluding hydrogens is 667 g/mol. The molecule has 0 aliphatic carbocycles. The molecule has 3 heteroatoms. The number of fused-ring (bicyclic) bond motifs is 5. The van der Waals surface area contributed by atoms with Gasteiger partial charge in [-0.15, -0.1) is 0 Å². The number of rotatable bonds is 7. The van der Waals surface area contributed by atoms with Gasteiger partial charge in [-0.1, -0.05) is 164 Å². The molecular formula is C52H35N3. The fourth-order valence-corrected chi connectivity index (χ4v) is 7.91. The van der Waals surface area contributed by atoms with E-state index in [1.807, 2.05) is 0 Å². The second kappa shape index (κ2) is 13.9. The molecule has 10 rings (SSSR count). The second-order valence-electron chi connectivity index (χ2n) is 13.8. The van der Waals surface area contributed by atoms with Gasteiger partial charge in [-0.3, -0.25) is 0 Å². The minimum Gasteiger partial charge on any atom is -0.310 e. The van der Waals surface area contributed by atoms with E-state index in [0.29, 0.717) is 0 Å². The summed E-state index contributed by atoms with van der Waals surface area (Å²) in [5.74, 6) is 0. The number of para-hydroxylation sites is 2. The highest BCUT2D eigenvalue weighted by atomic mass is 15.1. The lowest BCUT2D eigenvalue weighted by molar-refractivity contribution is 1.30. The fraction of sp³-hybridized carbons (Fsp3) is 0. The van der Waals surface area contributed by atoms with Gasteiger partial charge >= 0.3 is 0 Å². The molecule has 2 heterocycles. The molecule has 10 aromatic rings. The van der Waals surface area contributed by atoms with E-state index in [0.717, 1.165) is 83.6 Å². The van der Waals surface area contributed by atoms with Gasteiger partial charge in [0.1, 0.15) is 0 Å². The van der Waals surface area contributed by atoms with Crippen molar-refractivity contribution >= 4 is 49.5 Å². The highest BCUT2D eigenvalue weighted by molar-refractivity contribution is 6.29. The van der Waals surface area contributed by atoms with Gasteiger partial charge in [-0.25, -0.2) is 9.97 Å². The van der Waals surface area contributed by atoms with Crippen molar-refractivity contribution in [3.63, 3.8) is 0 Å². The number of hydrogen-bond acceptors (Lipinski definition) is 3. The fourth-order valence-electron chi connectivity index (χ4n) is 7.91. The first-order chi connectivity index (χ1) is 27.3. The number of hydrogen-bond donors (Lipinski definition) is 0. The molecule has 0 fully saturated rings. The third kappa shape index (κ3) is 5.89. The molecule has 0 unspecified atom stereocenters. The number of nitrogens with zero attached hydrogens (tertiary/aromatic N) is 3. The summed E-state index contributed by atoms with van der Waals surface area (Å²) in [6.07, 6.45) is 0. The highest BCUT2D eigenvalue weighted by Gasteiger charge is 2.24. The highest BCUT2D eigenvalue weighted by Crippen LogP contribution is 2.49. The monoisotopic (exact) mass is 701 g/mol.